The molecule has 0 N–H and O–H groups in total. The molecule has 0 spiro atoms. The van der Waals surface area contributed by atoms with Crippen LogP contribution in [0, 0.1) is 0 Å². The molecule has 0 saturated heterocycles. The highest BCUT2D eigenvalue weighted by Crippen LogP contribution is 2.34. The van der Waals surface area contributed by atoms with Gasteiger partial charge in [0.1, 0.15) is 0 Å². The second-order valence-electron chi connectivity index (χ2n) is 4.44. The van der Waals surface area contributed by atoms with Crippen LogP contribution in [0.3, 0.4) is 0 Å². The summed E-state index contributed by atoms with van der Waals surface area (Å²) < 4.78 is 20.4. The fourth-order valence-corrected chi connectivity index (χ4v) is 2.05. The van der Waals surface area contributed by atoms with Gasteiger partial charge in [0, 0.05) is 11.6 Å². The maximum atomic E-state index is 11.8. The first kappa shape index (κ1) is 18.5. The van der Waals surface area contributed by atoms with E-state index in [-0.39, 0.29) is 12.4 Å². The number of rotatable bonds is 8. The highest BCUT2D eigenvalue weighted by atomic mass is 16.5. The number of ether oxygens (including phenoxy) is 4. The Kier molecular flexibility index (Phi) is 7.66. The van der Waals surface area contributed by atoms with E-state index in [0.717, 1.165) is 0 Å². The standard InChI is InChI=1S/C17H22O6/c1-5-22-15(18)10-8-12-7-9-14(20-3)17(21-4)13(12)11-16(19)23-6-2/h7-10H,5-6,11H2,1-4H3/b10-8+. The van der Waals surface area contributed by atoms with Gasteiger partial charge in [0.05, 0.1) is 33.9 Å². The molecule has 0 aliphatic heterocycles. The maximum absolute atomic E-state index is 11.8. The van der Waals surface area contributed by atoms with Gasteiger partial charge in [-0.05, 0) is 31.6 Å². The summed E-state index contributed by atoms with van der Waals surface area (Å²) in [6.07, 6.45) is 2.89. The van der Waals surface area contributed by atoms with E-state index in [1.54, 1.807) is 32.1 Å². The zero-order valence-corrected chi connectivity index (χ0v) is 13.9. The van der Waals surface area contributed by atoms with Crippen LogP contribution >= 0.6 is 0 Å². The Morgan fingerprint density at radius 2 is 1.74 bits per heavy atom. The van der Waals surface area contributed by atoms with E-state index in [4.69, 9.17) is 18.9 Å². The molecule has 0 aromatic heterocycles. The number of hydrogen-bond donors (Lipinski definition) is 0. The molecule has 23 heavy (non-hydrogen) atoms. The molecule has 0 saturated carbocycles. The quantitative estimate of drug-likeness (QED) is 0.540. The minimum atomic E-state index is -0.454. The van der Waals surface area contributed by atoms with Crippen molar-refractivity contribution in [3.8, 4) is 11.5 Å². The lowest BCUT2D eigenvalue weighted by Gasteiger charge is -2.15. The number of methoxy groups -OCH3 is 2. The molecule has 0 radical (unpaired) electrons. The second kappa shape index (κ2) is 9.50. The van der Waals surface area contributed by atoms with Crippen molar-refractivity contribution in [2.75, 3.05) is 27.4 Å². The Labute approximate surface area is 136 Å². The zero-order chi connectivity index (χ0) is 17.2. The molecule has 0 aliphatic carbocycles. The summed E-state index contributed by atoms with van der Waals surface area (Å²) in [4.78, 5) is 23.3. The minimum absolute atomic E-state index is 0.0106. The monoisotopic (exact) mass is 322 g/mol. The van der Waals surface area contributed by atoms with E-state index in [1.807, 2.05) is 0 Å². The van der Waals surface area contributed by atoms with Gasteiger partial charge in [-0.15, -0.1) is 0 Å². The van der Waals surface area contributed by atoms with Crippen molar-refractivity contribution in [2.24, 2.45) is 0 Å². The fraction of sp³-hybridized carbons (Fsp3) is 0.412. The van der Waals surface area contributed by atoms with E-state index >= 15 is 0 Å². The van der Waals surface area contributed by atoms with Crippen LogP contribution in [0.4, 0.5) is 0 Å². The number of benzene rings is 1. The van der Waals surface area contributed by atoms with Crippen molar-refractivity contribution in [1.29, 1.82) is 0 Å². The van der Waals surface area contributed by atoms with Crippen LogP contribution in [0.1, 0.15) is 25.0 Å². The minimum Gasteiger partial charge on any atom is -0.493 e. The maximum Gasteiger partial charge on any atom is 0.330 e. The van der Waals surface area contributed by atoms with Gasteiger partial charge in [-0.2, -0.15) is 0 Å². The molecule has 0 atom stereocenters. The Morgan fingerprint density at radius 1 is 1.04 bits per heavy atom. The van der Waals surface area contributed by atoms with Gasteiger partial charge in [0.2, 0.25) is 0 Å². The molecule has 0 heterocycles. The third kappa shape index (κ3) is 5.32. The molecular formula is C17H22O6. The fourth-order valence-electron chi connectivity index (χ4n) is 2.05. The number of esters is 2. The van der Waals surface area contributed by atoms with E-state index in [9.17, 15) is 9.59 Å². The van der Waals surface area contributed by atoms with E-state index in [0.29, 0.717) is 35.8 Å². The van der Waals surface area contributed by atoms with Crippen LogP contribution in [0.5, 0.6) is 11.5 Å². The highest BCUT2D eigenvalue weighted by Gasteiger charge is 2.17. The molecule has 6 heteroatoms. The van der Waals surface area contributed by atoms with Crippen molar-refractivity contribution < 1.29 is 28.5 Å². The third-order valence-electron chi connectivity index (χ3n) is 3.00. The van der Waals surface area contributed by atoms with Gasteiger partial charge in [0.25, 0.3) is 0 Å². The summed E-state index contributed by atoms with van der Waals surface area (Å²) in [6, 6.07) is 3.45. The van der Waals surface area contributed by atoms with Gasteiger partial charge in [-0.25, -0.2) is 4.79 Å². The van der Waals surface area contributed by atoms with E-state index < -0.39 is 5.97 Å². The summed E-state index contributed by atoms with van der Waals surface area (Å²) in [7, 11) is 3.01. The Bertz CT molecular complexity index is 577. The van der Waals surface area contributed by atoms with Crippen LogP contribution < -0.4 is 9.47 Å². The SMILES string of the molecule is CCOC(=O)/C=C/c1ccc(OC)c(OC)c1CC(=O)OCC. The predicted molar refractivity (Wildman–Crippen MR) is 85.6 cm³/mol. The topological polar surface area (TPSA) is 71.1 Å². The zero-order valence-electron chi connectivity index (χ0n) is 13.9. The molecule has 0 amide bonds. The molecule has 126 valence electrons. The van der Waals surface area contributed by atoms with Gasteiger partial charge < -0.3 is 18.9 Å². The molecule has 1 rings (SSSR count). The largest absolute Gasteiger partial charge is 0.493 e. The van der Waals surface area contributed by atoms with Crippen molar-refractivity contribution >= 4 is 18.0 Å². The molecule has 0 aliphatic rings. The number of carbonyl (C=O) groups excluding carboxylic acids is 2. The predicted octanol–water partition coefficient (Wildman–Crippen LogP) is 2.39. The van der Waals surface area contributed by atoms with Crippen molar-refractivity contribution in [1.82, 2.24) is 0 Å². The molecular weight excluding hydrogens is 300 g/mol. The first-order chi connectivity index (χ1) is 11.1. The van der Waals surface area contributed by atoms with Crippen LogP contribution in [-0.4, -0.2) is 39.4 Å². The lowest BCUT2D eigenvalue weighted by Crippen LogP contribution is -2.10. The van der Waals surface area contributed by atoms with Crippen LogP contribution in [0.25, 0.3) is 6.08 Å². The lowest BCUT2D eigenvalue weighted by atomic mass is 10.0. The smallest absolute Gasteiger partial charge is 0.330 e. The van der Waals surface area contributed by atoms with Crippen LogP contribution in [0.15, 0.2) is 18.2 Å². The van der Waals surface area contributed by atoms with Crippen molar-refractivity contribution in [2.45, 2.75) is 20.3 Å². The number of carbonyl (C=O) groups is 2. The summed E-state index contributed by atoms with van der Waals surface area (Å²) in [5, 5.41) is 0. The summed E-state index contributed by atoms with van der Waals surface area (Å²) in [6.45, 7) is 4.06. The van der Waals surface area contributed by atoms with Crippen molar-refractivity contribution in [3.05, 3.63) is 29.3 Å². The highest BCUT2D eigenvalue weighted by molar-refractivity contribution is 5.88. The van der Waals surface area contributed by atoms with Crippen molar-refractivity contribution in [3.63, 3.8) is 0 Å². The summed E-state index contributed by atoms with van der Waals surface area (Å²) in [5.41, 5.74) is 1.25. The molecule has 1 aromatic carbocycles. The average Bonchev–Trinajstić information content (AvgIpc) is 2.53. The van der Waals surface area contributed by atoms with Gasteiger partial charge in [-0.3, -0.25) is 4.79 Å². The Morgan fingerprint density at radius 3 is 2.30 bits per heavy atom. The first-order valence-corrected chi connectivity index (χ1v) is 7.31. The number of hydrogen-bond acceptors (Lipinski definition) is 6. The molecule has 6 nitrogen and oxygen atoms in total. The molecule has 1 aromatic rings. The molecule has 0 unspecified atom stereocenters. The average molecular weight is 322 g/mol. The molecule has 0 bridgehead atoms. The van der Waals surface area contributed by atoms with Gasteiger partial charge in [-0.1, -0.05) is 6.07 Å². The van der Waals surface area contributed by atoms with E-state index in [2.05, 4.69) is 0 Å². The van der Waals surface area contributed by atoms with Gasteiger partial charge in [0.15, 0.2) is 11.5 Å². The lowest BCUT2D eigenvalue weighted by molar-refractivity contribution is -0.142. The first-order valence-electron chi connectivity index (χ1n) is 7.31. The second-order valence-corrected chi connectivity index (χ2v) is 4.44. The normalized spacial score (nSPS) is 10.4. The summed E-state index contributed by atoms with van der Waals surface area (Å²) >= 11 is 0. The Hall–Kier alpha value is -2.50. The Balaban J connectivity index is 3.22. The summed E-state index contributed by atoms with van der Waals surface area (Å²) in [5.74, 6) is 0.0980. The third-order valence-corrected chi connectivity index (χ3v) is 3.00. The van der Waals surface area contributed by atoms with Crippen LogP contribution in [0.2, 0.25) is 0 Å². The van der Waals surface area contributed by atoms with Crippen LogP contribution in [-0.2, 0) is 25.5 Å². The van der Waals surface area contributed by atoms with E-state index in [1.165, 1.54) is 20.3 Å². The molecule has 0 fully saturated rings. The van der Waals surface area contributed by atoms with Gasteiger partial charge >= 0.3 is 11.9 Å².